The van der Waals surface area contributed by atoms with Crippen LogP contribution in [0.2, 0.25) is 0 Å². The molecule has 0 amide bonds. The van der Waals surface area contributed by atoms with E-state index < -0.39 is 14.4 Å². The number of hydrogen-bond donors (Lipinski definition) is 2. The molecule has 1 aliphatic rings. The van der Waals surface area contributed by atoms with E-state index in [-0.39, 0.29) is 17.8 Å². The van der Waals surface area contributed by atoms with Crippen LogP contribution in [-0.2, 0) is 25.2 Å². The van der Waals surface area contributed by atoms with Crippen LogP contribution in [0.1, 0.15) is 31.2 Å². The zero-order valence-electron chi connectivity index (χ0n) is 12.3. The monoisotopic (exact) mass is 328 g/mol. The van der Waals surface area contributed by atoms with Gasteiger partial charge in [0, 0.05) is 5.92 Å². The number of ketones is 1. The first-order valence-electron chi connectivity index (χ1n) is 7.32. The summed E-state index contributed by atoms with van der Waals surface area (Å²) >= 11 is 0. The molecule has 0 aliphatic heterocycles. The molecule has 7 heteroatoms. The summed E-state index contributed by atoms with van der Waals surface area (Å²) in [6, 6.07) is 9.91. The summed E-state index contributed by atoms with van der Waals surface area (Å²) in [6.07, 6.45) is 3.02. The molecule has 0 radical (unpaired) electrons. The van der Waals surface area contributed by atoms with Crippen molar-refractivity contribution in [1.29, 1.82) is 0 Å². The molecule has 0 unspecified atom stereocenters. The van der Waals surface area contributed by atoms with Crippen LogP contribution in [0.5, 0.6) is 0 Å². The van der Waals surface area contributed by atoms with Gasteiger partial charge in [-0.1, -0.05) is 30.3 Å². The van der Waals surface area contributed by atoms with Crippen molar-refractivity contribution in [2.45, 2.75) is 38.4 Å². The quantitative estimate of drug-likeness (QED) is 0.747. The number of Topliss-reactive ketones (excluding diaryl/α,β-unsaturated/α-hetero) is 1. The highest BCUT2D eigenvalue weighted by molar-refractivity contribution is 7.46. The Morgan fingerprint density at radius 1 is 1.14 bits per heavy atom. The molecule has 1 aromatic carbocycles. The predicted octanol–water partition coefficient (Wildman–Crippen LogP) is 2.44. The van der Waals surface area contributed by atoms with Crippen LogP contribution in [-0.4, -0.2) is 28.3 Å². The number of carbonyl (C=O) groups excluding carboxylic acids is 1. The number of carbonyl (C=O) groups is 1. The highest BCUT2D eigenvalue weighted by Crippen LogP contribution is 2.36. The standard InChI is InChI=1S/C15H21O6P/c16-15(11-21-22(17,18)19)13-6-8-14(9-7-13)20-10-12-4-2-1-3-5-12/h1-5,13-14H,6-11H2,(H2,17,18,19). The molecule has 2 N–H and O–H groups in total. The average Bonchev–Trinajstić information content (AvgIpc) is 2.51. The van der Waals surface area contributed by atoms with Gasteiger partial charge in [0.05, 0.1) is 12.7 Å². The van der Waals surface area contributed by atoms with Gasteiger partial charge in [-0.2, -0.15) is 0 Å². The molecule has 1 aliphatic carbocycles. The Hall–Kier alpha value is -1.04. The zero-order valence-corrected chi connectivity index (χ0v) is 13.2. The second-order valence-corrected chi connectivity index (χ2v) is 6.74. The normalized spacial score (nSPS) is 22.5. The van der Waals surface area contributed by atoms with Gasteiger partial charge in [0.2, 0.25) is 0 Å². The van der Waals surface area contributed by atoms with Crippen LogP contribution in [0.15, 0.2) is 30.3 Å². The Bertz CT molecular complexity index is 518. The zero-order chi connectivity index (χ0) is 16.0. The fraction of sp³-hybridized carbons (Fsp3) is 0.533. The number of phosphoric ester groups is 1. The van der Waals surface area contributed by atoms with Crippen molar-refractivity contribution in [1.82, 2.24) is 0 Å². The molecule has 22 heavy (non-hydrogen) atoms. The molecule has 1 aromatic rings. The van der Waals surface area contributed by atoms with Crippen LogP contribution in [0.3, 0.4) is 0 Å². The third-order valence-corrected chi connectivity index (χ3v) is 4.30. The second-order valence-electron chi connectivity index (χ2n) is 5.50. The molecule has 1 fully saturated rings. The van der Waals surface area contributed by atoms with Gasteiger partial charge in [-0.3, -0.25) is 9.32 Å². The van der Waals surface area contributed by atoms with Gasteiger partial charge >= 0.3 is 7.82 Å². The van der Waals surface area contributed by atoms with Crippen molar-refractivity contribution in [3.05, 3.63) is 35.9 Å². The maximum atomic E-state index is 11.8. The lowest BCUT2D eigenvalue weighted by Gasteiger charge is -2.27. The minimum Gasteiger partial charge on any atom is -0.374 e. The Morgan fingerprint density at radius 2 is 1.77 bits per heavy atom. The maximum Gasteiger partial charge on any atom is 0.470 e. The first kappa shape index (κ1) is 17.3. The highest BCUT2D eigenvalue weighted by atomic mass is 31.2. The Kier molecular flexibility index (Phi) is 6.29. The van der Waals surface area contributed by atoms with E-state index in [4.69, 9.17) is 14.5 Å². The summed E-state index contributed by atoms with van der Waals surface area (Å²) < 4.78 is 20.7. The number of benzene rings is 1. The number of phosphoric acid groups is 1. The second kappa shape index (κ2) is 7.99. The van der Waals surface area contributed by atoms with Gasteiger partial charge in [-0.05, 0) is 31.2 Å². The summed E-state index contributed by atoms with van der Waals surface area (Å²) in [5, 5.41) is 0. The van der Waals surface area contributed by atoms with Gasteiger partial charge in [0.1, 0.15) is 6.61 Å². The predicted molar refractivity (Wildman–Crippen MR) is 80.0 cm³/mol. The van der Waals surface area contributed by atoms with Gasteiger partial charge in [0.25, 0.3) is 0 Å². The minimum atomic E-state index is -4.57. The molecular weight excluding hydrogens is 307 g/mol. The molecule has 0 bridgehead atoms. The molecule has 0 aromatic heterocycles. The summed E-state index contributed by atoms with van der Waals surface area (Å²) in [6.45, 7) is 0.0376. The summed E-state index contributed by atoms with van der Waals surface area (Å²) in [4.78, 5) is 29.0. The molecule has 0 saturated heterocycles. The van der Waals surface area contributed by atoms with Crippen molar-refractivity contribution in [2.24, 2.45) is 5.92 Å². The van der Waals surface area contributed by atoms with E-state index in [1.807, 2.05) is 30.3 Å². The molecule has 1 saturated carbocycles. The molecule has 2 rings (SSSR count). The van der Waals surface area contributed by atoms with Gasteiger partial charge in [-0.25, -0.2) is 4.57 Å². The molecule has 0 heterocycles. The van der Waals surface area contributed by atoms with Gasteiger partial charge < -0.3 is 14.5 Å². The summed E-state index contributed by atoms with van der Waals surface area (Å²) in [5.41, 5.74) is 1.12. The Morgan fingerprint density at radius 3 is 2.36 bits per heavy atom. The lowest BCUT2D eigenvalue weighted by Crippen LogP contribution is -2.28. The lowest BCUT2D eigenvalue weighted by atomic mass is 9.85. The molecular formula is C15H21O6P. The average molecular weight is 328 g/mol. The fourth-order valence-corrected chi connectivity index (χ4v) is 2.90. The van der Waals surface area contributed by atoms with Crippen LogP contribution in [0.25, 0.3) is 0 Å². The van der Waals surface area contributed by atoms with Crippen molar-refractivity contribution < 1.29 is 28.4 Å². The molecule has 122 valence electrons. The Labute approximate surface area is 129 Å². The van der Waals surface area contributed by atoms with Gasteiger partial charge in [-0.15, -0.1) is 0 Å². The number of ether oxygens (including phenoxy) is 1. The van der Waals surface area contributed by atoms with E-state index in [2.05, 4.69) is 4.52 Å². The number of hydrogen-bond acceptors (Lipinski definition) is 4. The lowest BCUT2D eigenvalue weighted by molar-refractivity contribution is -0.127. The van der Waals surface area contributed by atoms with Crippen LogP contribution in [0.4, 0.5) is 0 Å². The van der Waals surface area contributed by atoms with E-state index in [1.165, 1.54) is 0 Å². The van der Waals surface area contributed by atoms with Crippen molar-refractivity contribution in [3.63, 3.8) is 0 Å². The third kappa shape index (κ3) is 5.99. The minimum absolute atomic E-state index is 0.131. The van der Waals surface area contributed by atoms with Crippen molar-refractivity contribution in [3.8, 4) is 0 Å². The first-order chi connectivity index (χ1) is 10.4. The van der Waals surface area contributed by atoms with E-state index >= 15 is 0 Å². The van der Waals surface area contributed by atoms with E-state index in [0.29, 0.717) is 19.4 Å². The van der Waals surface area contributed by atoms with Crippen LogP contribution < -0.4 is 0 Å². The smallest absolute Gasteiger partial charge is 0.374 e. The first-order valence-corrected chi connectivity index (χ1v) is 8.85. The highest BCUT2D eigenvalue weighted by Gasteiger charge is 2.28. The topological polar surface area (TPSA) is 93.1 Å². The third-order valence-electron chi connectivity index (χ3n) is 3.83. The fourth-order valence-electron chi connectivity index (χ4n) is 2.61. The van der Waals surface area contributed by atoms with Gasteiger partial charge in [0.15, 0.2) is 5.78 Å². The largest absolute Gasteiger partial charge is 0.470 e. The van der Waals surface area contributed by atoms with E-state index in [1.54, 1.807) is 0 Å². The Balaban J connectivity index is 1.69. The van der Waals surface area contributed by atoms with E-state index in [0.717, 1.165) is 18.4 Å². The summed E-state index contributed by atoms with van der Waals surface area (Å²) in [7, 11) is -4.57. The summed E-state index contributed by atoms with van der Waals surface area (Å²) in [5.74, 6) is -0.437. The van der Waals surface area contributed by atoms with Crippen molar-refractivity contribution >= 4 is 13.6 Å². The number of rotatable bonds is 7. The van der Waals surface area contributed by atoms with E-state index in [9.17, 15) is 9.36 Å². The molecule has 6 nitrogen and oxygen atoms in total. The van der Waals surface area contributed by atoms with Crippen LogP contribution >= 0.6 is 7.82 Å². The maximum absolute atomic E-state index is 11.8. The SMILES string of the molecule is O=C(COP(=O)(O)O)C1CCC(OCc2ccccc2)CC1. The molecule has 0 spiro atoms. The van der Waals surface area contributed by atoms with Crippen LogP contribution in [0, 0.1) is 5.92 Å². The molecule has 0 atom stereocenters. The van der Waals surface area contributed by atoms with Crippen molar-refractivity contribution in [2.75, 3.05) is 6.61 Å².